The van der Waals surface area contributed by atoms with Gasteiger partial charge in [0.2, 0.25) is 5.91 Å². The van der Waals surface area contributed by atoms with Crippen LogP contribution >= 0.6 is 0 Å². The van der Waals surface area contributed by atoms with E-state index in [0.717, 1.165) is 24.3 Å². The third-order valence-electron chi connectivity index (χ3n) is 4.49. The van der Waals surface area contributed by atoms with Crippen LogP contribution in [0.1, 0.15) is 18.4 Å². The van der Waals surface area contributed by atoms with Crippen LogP contribution in [0.2, 0.25) is 0 Å². The van der Waals surface area contributed by atoms with Gasteiger partial charge in [-0.1, -0.05) is 24.3 Å². The highest BCUT2D eigenvalue weighted by Crippen LogP contribution is 2.31. The van der Waals surface area contributed by atoms with E-state index in [9.17, 15) is 9.59 Å². The predicted octanol–water partition coefficient (Wildman–Crippen LogP) is 2.56. The maximum atomic E-state index is 12.1. The van der Waals surface area contributed by atoms with E-state index in [0.29, 0.717) is 18.8 Å². The van der Waals surface area contributed by atoms with Crippen molar-refractivity contribution < 1.29 is 19.1 Å². The second-order valence-corrected chi connectivity index (χ2v) is 6.35. The molecule has 0 fully saturated rings. The van der Waals surface area contributed by atoms with Crippen LogP contribution in [0, 0.1) is 0 Å². The van der Waals surface area contributed by atoms with Crippen LogP contribution in [0.25, 0.3) is 0 Å². The zero-order valence-electron chi connectivity index (χ0n) is 15.4. The maximum absolute atomic E-state index is 12.1. The molecular weight excluding hydrogens is 344 g/mol. The number of hydrogen-bond acceptors (Lipinski definition) is 4. The minimum Gasteiger partial charge on any atom is -0.497 e. The molecule has 0 saturated carbocycles. The number of aryl methyl sites for hydroxylation is 1. The van der Waals surface area contributed by atoms with Gasteiger partial charge in [0.15, 0.2) is 6.61 Å². The van der Waals surface area contributed by atoms with Gasteiger partial charge in [0, 0.05) is 19.5 Å². The number of para-hydroxylation sites is 2. The summed E-state index contributed by atoms with van der Waals surface area (Å²) in [6.07, 6.45) is 2.01. The van der Waals surface area contributed by atoms with Crippen LogP contribution in [0.4, 0.5) is 5.69 Å². The van der Waals surface area contributed by atoms with Crippen molar-refractivity contribution in [2.45, 2.75) is 19.3 Å². The summed E-state index contributed by atoms with van der Waals surface area (Å²) >= 11 is 0. The van der Waals surface area contributed by atoms with Gasteiger partial charge in [0.05, 0.1) is 12.8 Å². The lowest BCUT2D eigenvalue weighted by molar-refractivity contribution is -0.122. The van der Waals surface area contributed by atoms with Crippen LogP contribution in [0.15, 0.2) is 48.5 Å². The van der Waals surface area contributed by atoms with E-state index in [1.165, 1.54) is 5.56 Å². The first-order chi connectivity index (χ1) is 13.2. The molecule has 0 saturated heterocycles. The quantitative estimate of drug-likeness (QED) is 0.727. The van der Waals surface area contributed by atoms with Gasteiger partial charge < -0.3 is 19.7 Å². The number of carbonyl (C=O) groups is 2. The Kier molecular flexibility index (Phi) is 6.30. The molecule has 6 heteroatoms. The average molecular weight is 368 g/mol. The molecule has 0 aliphatic carbocycles. The number of amides is 2. The topological polar surface area (TPSA) is 67.9 Å². The summed E-state index contributed by atoms with van der Waals surface area (Å²) in [6, 6.07) is 15.3. The molecule has 0 aromatic heterocycles. The van der Waals surface area contributed by atoms with Crippen molar-refractivity contribution in [3.63, 3.8) is 0 Å². The van der Waals surface area contributed by atoms with Crippen LogP contribution in [-0.4, -0.2) is 38.6 Å². The van der Waals surface area contributed by atoms with E-state index in [2.05, 4.69) is 5.32 Å². The summed E-state index contributed by atoms with van der Waals surface area (Å²) in [5.41, 5.74) is 1.93. The van der Waals surface area contributed by atoms with Crippen molar-refractivity contribution in [2.75, 3.05) is 31.7 Å². The average Bonchev–Trinajstić information content (AvgIpc) is 2.71. The highest BCUT2D eigenvalue weighted by Gasteiger charge is 2.25. The lowest BCUT2D eigenvalue weighted by atomic mass is 10.1. The summed E-state index contributed by atoms with van der Waals surface area (Å²) in [6.45, 7) is 0.975. The first-order valence-corrected chi connectivity index (χ1v) is 9.09. The predicted molar refractivity (Wildman–Crippen MR) is 103 cm³/mol. The molecule has 2 aromatic rings. The highest BCUT2D eigenvalue weighted by atomic mass is 16.5. The lowest BCUT2D eigenvalue weighted by Crippen LogP contribution is -2.41. The smallest absolute Gasteiger partial charge is 0.265 e. The van der Waals surface area contributed by atoms with Crippen molar-refractivity contribution in [3.8, 4) is 11.5 Å². The van der Waals surface area contributed by atoms with Gasteiger partial charge in [-0.3, -0.25) is 9.59 Å². The summed E-state index contributed by atoms with van der Waals surface area (Å²) in [5, 5.41) is 2.92. The Morgan fingerprint density at radius 1 is 1.19 bits per heavy atom. The molecule has 27 heavy (non-hydrogen) atoms. The first-order valence-electron chi connectivity index (χ1n) is 9.09. The van der Waals surface area contributed by atoms with E-state index in [1.807, 2.05) is 48.5 Å². The SMILES string of the molecule is COc1ccc(CCCNC(=O)CCN2C(=O)COc3ccccc32)cc1. The lowest BCUT2D eigenvalue weighted by Gasteiger charge is -2.29. The molecule has 1 heterocycles. The molecule has 1 aliphatic heterocycles. The van der Waals surface area contributed by atoms with Gasteiger partial charge in [-0.15, -0.1) is 0 Å². The summed E-state index contributed by atoms with van der Waals surface area (Å²) in [7, 11) is 1.65. The fraction of sp³-hybridized carbons (Fsp3) is 0.333. The zero-order valence-corrected chi connectivity index (χ0v) is 15.4. The van der Waals surface area contributed by atoms with Crippen LogP contribution in [0.3, 0.4) is 0 Å². The molecule has 3 rings (SSSR count). The van der Waals surface area contributed by atoms with Gasteiger partial charge in [-0.2, -0.15) is 0 Å². The number of methoxy groups -OCH3 is 1. The van der Waals surface area contributed by atoms with E-state index in [1.54, 1.807) is 12.0 Å². The molecule has 2 amide bonds. The monoisotopic (exact) mass is 368 g/mol. The fourth-order valence-electron chi connectivity index (χ4n) is 3.01. The highest BCUT2D eigenvalue weighted by molar-refractivity contribution is 5.98. The molecule has 1 aliphatic rings. The molecule has 2 aromatic carbocycles. The summed E-state index contributed by atoms with van der Waals surface area (Å²) in [5.74, 6) is 1.34. The molecule has 0 radical (unpaired) electrons. The van der Waals surface area contributed by atoms with Crippen molar-refractivity contribution >= 4 is 17.5 Å². The summed E-state index contributed by atoms with van der Waals surface area (Å²) < 4.78 is 10.5. The molecule has 6 nitrogen and oxygen atoms in total. The number of anilines is 1. The fourth-order valence-corrected chi connectivity index (χ4v) is 3.01. The largest absolute Gasteiger partial charge is 0.497 e. The van der Waals surface area contributed by atoms with Gasteiger partial charge in [0.25, 0.3) is 5.91 Å². The van der Waals surface area contributed by atoms with E-state index in [-0.39, 0.29) is 24.8 Å². The molecule has 0 spiro atoms. The first kappa shape index (κ1) is 18.8. The minimum atomic E-state index is -0.124. The van der Waals surface area contributed by atoms with Gasteiger partial charge in [-0.25, -0.2) is 0 Å². The normalized spacial score (nSPS) is 12.9. The number of fused-ring (bicyclic) bond motifs is 1. The Hall–Kier alpha value is -3.02. The van der Waals surface area contributed by atoms with Crippen molar-refractivity contribution in [3.05, 3.63) is 54.1 Å². The van der Waals surface area contributed by atoms with Crippen LogP contribution in [-0.2, 0) is 16.0 Å². The Labute approximate surface area is 159 Å². The number of nitrogens with one attached hydrogen (secondary N) is 1. The summed E-state index contributed by atoms with van der Waals surface area (Å²) in [4.78, 5) is 25.8. The number of carbonyl (C=O) groups excluding carboxylic acids is 2. The maximum Gasteiger partial charge on any atom is 0.265 e. The minimum absolute atomic E-state index is 0.0144. The van der Waals surface area contributed by atoms with Crippen molar-refractivity contribution in [1.29, 1.82) is 0 Å². The number of nitrogens with zero attached hydrogens (tertiary/aromatic N) is 1. The van der Waals surface area contributed by atoms with Crippen molar-refractivity contribution in [2.24, 2.45) is 0 Å². The second kappa shape index (κ2) is 9.07. The molecule has 142 valence electrons. The number of hydrogen-bond donors (Lipinski definition) is 1. The van der Waals surface area contributed by atoms with E-state index < -0.39 is 0 Å². The third-order valence-corrected chi connectivity index (χ3v) is 4.49. The third kappa shape index (κ3) is 5.00. The van der Waals surface area contributed by atoms with Gasteiger partial charge >= 0.3 is 0 Å². The molecule has 0 atom stereocenters. The molecule has 0 unspecified atom stereocenters. The standard InChI is InChI=1S/C21H24N2O4/c1-26-17-10-8-16(9-11-17)5-4-13-22-20(24)12-14-23-18-6-2-3-7-19(18)27-15-21(23)25/h2-3,6-11H,4-5,12-15H2,1H3,(H,22,24). The second-order valence-electron chi connectivity index (χ2n) is 6.35. The number of rotatable bonds is 8. The molecular formula is C21H24N2O4. The Morgan fingerprint density at radius 3 is 2.74 bits per heavy atom. The number of benzene rings is 2. The van der Waals surface area contributed by atoms with E-state index >= 15 is 0 Å². The molecule has 0 bridgehead atoms. The van der Waals surface area contributed by atoms with Crippen molar-refractivity contribution in [1.82, 2.24) is 5.32 Å². The van der Waals surface area contributed by atoms with Gasteiger partial charge in [-0.05, 0) is 42.7 Å². The van der Waals surface area contributed by atoms with E-state index in [4.69, 9.17) is 9.47 Å². The van der Waals surface area contributed by atoms with Gasteiger partial charge in [0.1, 0.15) is 11.5 Å². The zero-order chi connectivity index (χ0) is 19.1. The molecule has 1 N–H and O–H groups in total. The Morgan fingerprint density at radius 2 is 1.96 bits per heavy atom. The Balaban J connectivity index is 1.40. The number of ether oxygens (including phenoxy) is 2. The van der Waals surface area contributed by atoms with Crippen LogP contribution in [0.5, 0.6) is 11.5 Å². The van der Waals surface area contributed by atoms with Crippen LogP contribution < -0.4 is 19.7 Å². The Bertz CT molecular complexity index is 789.